The molecule has 1 heteroatoms. The molecule has 0 aliphatic heterocycles. The molecule has 0 saturated heterocycles. The van der Waals surface area contributed by atoms with E-state index in [4.69, 9.17) is 0 Å². The average Bonchev–Trinajstić information content (AvgIpc) is 3.47. The standard InChI is InChI=1S/C65H75N/c1-60(2,3)47-32-44(33-48(38-47)61(4,5)6)42-26-28-43(29-27-42)45-34-51(64(13,14)15)40-53(37-45)66(52-30-31-56-55-23-18-20-24-57(55)65(16,17)58(56)41-52)59-25-21-19-22-54(59)46-35-49(62(7,8)9)39-50(36-46)63(10,11)12/h18-41H,1-17H3. The number of fused-ring (bicyclic) bond motifs is 3. The van der Waals surface area contributed by atoms with Crippen LogP contribution in [0, 0.1) is 0 Å². The van der Waals surface area contributed by atoms with E-state index in [1.807, 2.05) is 0 Å². The zero-order chi connectivity index (χ0) is 47.9. The molecular formula is C65H75N. The molecule has 0 atom stereocenters. The molecule has 0 unspecified atom stereocenters. The van der Waals surface area contributed by atoms with Crippen molar-refractivity contribution in [3.63, 3.8) is 0 Å². The van der Waals surface area contributed by atoms with Crippen molar-refractivity contribution in [1.29, 1.82) is 0 Å². The maximum absolute atomic E-state index is 2.55. The fourth-order valence-corrected chi connectivity index (χ4v) is 9.68. The van der Waals surface area contributed by atoms with Crippen LogP contribution in [0.2, 0.25) is 0 Å². The fraction of sp³-hybridized carbons (Fsp3) is 0.354. The minimum Gasteiger partial charge on any atom is -0.310 e. The molecule has 0 amide bonds. The highest BCUT2D eigenvalue weighted by Crippen LogP contribution is 2.52. The van der Waals surface area contributed by atoms with Gasteiger partial charge in [0.25, 0.3) is 0 Å². The van der Waals surface area contributed by atoms with Crippen LogP contribution in [-0.2, 0) is 32.5 Å². The van der Waals surface area contributed by atoms with Gasteiger partial charge >= 0.3 is 0 Å². The summed E-state index contributed by atoms with van der Waals surface area (Å²) >= 11 is 0. The number of benzene rings is 7. The van der Waals surface area contributed by atoms with Crippen molar-refractivity contribution < 1.29 is 0 Å². The van der Waals surface area contributed by atoms with Gasteiger partial charge in [-0.2, -0.15) is 0 Å². The van der Waals surface area contributed by atoms with E-state index >= 15 is 0 Å². The second kappa shape index (κ2) is 16.3. The quantitative estimate of drug-likeness (QED) is 0.161. The Balaban J connectivity index is 1.35. The van der Waals surface area contributed by atoms with Crippen molar-refractivity contribution in [3.05, 3.63) is 185 Å². The number of anilines is 3. The predicted octanol–water partition coefficient (Wildman–Crippen LogP) is 19.0. The molecule has 66 heavy (non-hydrogen) atoms. The van der Waals surface area contributed by atoms with Gasteiger partial charge in [0.15, 0.2) is 0 Å². The second-order valence-electron chi connectivity index (χ2n) is 24.9. The molecule has 0 aromatic heterocycles. The van der Waals surface area contributed by atoms with Crippen LogP contribution in [0.3, 0.4) is 0 Å². The predicted molar refractivity (Wildman–Crippen MR) is 288 cm³/mol. The van der Waals surface area contributed by atoms with E-state index in [-0.39, 0.29) is 32.5 Å². The van der Waals surface area contributed by atoms with Crippen molar-refractivity contribution in [3.8, 4) is 44.5 Å². The van der Waals surface area contributed by atoms with Gasteiger partial charge in [0.2, 0.25) is 0 Å². The van der Waals surface area contributed by atoms with Gasteiger partial charge in [-0.1, -0.05) is 233 Å². The Bertz CT molecular complexity index is 2870. The lowest BCUT2D eigenvalue weighted by Crippen LogP contribution is -2.18. The van der Waals surface area contributed by atoms with Crippen LogP contribution in [-0.4, -0.2) is 0 Å². The van der Waals surface area contributed by atoms with Crippen LogP contribution < -0.4 is 4.90 Å². The SMILES string of the molecule is CC(C)(C)c1cc(-c2ccc(-c3cc(C(C)(C)C)cc(C(C)(C)C)c3)cc2)cc(N(c2ccc3c(c2)C(C)(C)c2ccccc2-3)c2ccccc2-c2cc(C(C)(C)C)cc(C(C)(C)C)c2)c1. The monoisotopic (exact) mass is 870 g/mol. The summed E-state index contributed by atoms with van der Waals surface area (Å²) in [7, 11) is 0. The van der Waals surface area contributed by atoms with Gasteiger partial charge in [0, 0.05) is 22.4 Å². The van der Waals surface area contributed by atoms with Gasteiger partial charge in [-0.25, -0.2) is 0 Å². The first-order valence-corrected chi connectivity index (χ1v) is 24.3. The lowest BCUT2D eigenvalue weighted by molar-refractivity contribution is 0.568. The summed E-state index contributed by atoms with van der Waals surface area (Å²) in [5, 5.41) is 0. The van der Waals surface area contributed by atoms with E-state index in [1.54, 1.807) is 0 Å². The molecule has 340 valence electrons. The summed E-state index contributed by atoms with van der Waals surface area (Å²) in [6, 6.07) is 56.4. The van der Waals surface area contributed by atoms with Gasteiger partial charge in [0.1, 0.15) is 0 Å². The van der Waals surface area contributed by atoms with Crippen LogP contribution in [0.4, 0.5) is 17.1 Å². The Morgan fingerprint density at radius 3 is 1.18 bits per heavy atom. The third-order valence-electron chi connectivity index (χ3n) is 14.2. The van der Waals surface area contributed by atoms with Crippen molar-refractivity contribution in [1.82, 2.24) is 0 Å². The van der Waals surface area contributed by atoms with Gasteiger partial charge in [-0.15, -0.1) is 0 Å². The Labute approximate surface area is 399 Å². The molecule has 0 spiro atoms. The molecule has 8 rings (SSSR count). The molecular weight excluding hydrogens is 795 g/mol. The van der Waals surface area contributed by atoms with Crippen LogP contribution >= 0.6 is 0 Å². The Kier molecular flexibility index (Phi) is 11.6. The van der Waals surface area contributed by atoms with Gasteiger partial charge in [-0.05, 0) is 135 Å². The van der Waals surface area contributed by atoms with Crippen LogP contribution in [0.25, 0.3) is 44.5 Å². The first-order chi connectivity index (χ1) is 30.6. The zero-order valence-corrected chi connectivity index (χ0v) is 43.3. The number of hydrogen-bond donors (Lipinski definition) is 0. The van der Waals surface area contributed by atoms with E-state index in [1.165, 1.54) is 83.5 Å². The largest absolute Gasteiger partial charge is 0.310 e. The van der Waals surface area contributed by atoms with Gasteiger partial charge < -0.3 is 4.90 Å². The topological polar surface area (TPSA) is 3.24 Å². The molecule has 0 saturated carbocycles. The zero-order valence-electron chi connectivity index (χ0n) is 43.3. The number of hydrogen-bond acceptors (Lipinski definition) is 1. The smallest absolute Gasteiger partial charge is 0.0540 e. The highest BCUT2D eigenvalue weighted by Gasteiger charge is 2.36. The van der Waals surface area contributed by atoms with E-state index in [2.05, 4.69) is 268 Å². The molecule has 0 N–H and O–H groups in total. The summed E-state index contributed by atoms with van der Waals surface area (Å²) < 4.78 is 0. The molecule has 0 heterocycles. The molecule has 0 radical (unpaired) electrons. The van der Waals surface area contributed by atoms with Gasteiger partial charge in [0.05, 0.1) is 5.69 Å². The fourth-order valence-electron chi connectivity index (χ4n) is 9.68. The third-order valence-corrected chi connectivity index (χ3v) is 14.2. The van der Waals surface area contributed by atoms with Crippen molar-refractivity contribution in [2.45, 2.75) is 150 Å². The minimum absolute atomic E-state index is 0.0129. The van der Waals surface area contributed by atoms with E-state index < -0.39 is 0 Å². The highest BCUT2D eigenvalue weighted by atomic mass is 15.1. The average molecular weight is 870 g/mol. The van der Waals surface area contributed by atoms with Crippen LogP contribution in [0.15, 0.2) is 146 Å². The Morgan fingerprint density at radius 2 is 0.697 bits per heavy atom. The number of para-hydroxylation sites is 1. The molecule has 7 aromatic carbocycles. The number of nitrogens with zero attached hydrogens (tertiary/aromatic N) is 1. The minimum atomic E-state index is -0.143. The summed E-state index contributed by atoms with van der Waals surface area (Å²) in [4.78, 5) is 2.55. The molecule has 0 fully saturated rings. The van der Waals surface area contributed by atoms with E-state index in [0.717, 1.165) is 17.1 Å². The van der Waals surface area contributed by atoms with Crippen molar-refractivity contribution in [2.24, 2.45) is 0 Å². The Morgan fingerprint density at radius 1 is 0.303 bits per heavy atom. The van der Waals surface area contributed by atoms with Gasteiger partial charge in [-0.3, -0.25) is 0 Å². The lowest BCUT2D eigenvalue weighted by atomic mass is 9.78. The Hall–Kier alpha value is -5.66. The molecule has 1 aliphatic carbocycles. The van der Waals surface area contributed by atoms with Crippen molar-refractivity contribution in [2.75, 3.05) is 4.90 Å². The molecule has 7 aromatic rings. The van der Waals surface area contributed by atoms with Crippen LogP contribution in [0.1, 0.15) is 157 Å². The molecule has 0 bridgehead atoms. The maximum Gasteiger partial charge on any atom is 0.0540 e. The molecule has 1 aliphatic rings. The van der Waals surface area contributed by atoms with Crippen LogP contribution in [0.5, 0.6) is 0 Å². The first-order valence-electron chi connectivity index (χ1n) is 24.3. The third kappa shape index (κ3) is 9.08. The maximum atomic E-state index is 2.55. The second-order valence-corrected chi connectivity index (χ2v) is 24.9. The summed E-state index contributed by atoms with van der Waals surface area (Å²) in [6.07, 6.45) is 0. The summed E-state index contributed by atoms with van der Waals surface area (Å²) in [6.45, 7) is 39.7. The number of rotatable bonds is 6. The molecule has 1 nitrogen and oxygen atoms in total. The van der Waals surface area contributed by atoms with E-state index in [9.17, 15) is 0 Å². The first kappa shape index (κ1) is 46.9. The summed E-state index contributed by atoms with van der Waals surface area (Å²) in [5.74, 6) is 0. The van der Waals surface area contributed by atoms with E-state index in [0.29, 0.717) is 0 Å². The highest BCUT2D eigenvalue weighted by molar-refractivity contribution is 5.92. The normalized spacial score (nSPS) is 14.0. The summed E-state index contributed by atoms with van der Waals surface area (Å²) in [5.41, 5.74) is 22.9. The van der Waals surface area contributed by atoms with Crippen molar-refractivity contribution >= 4 is 17.1 Å². The lowest BCUT2D eigenvalue weighted by Gasteiger charge is -2.32.